The fourth-order valence-corrected chi connectivity index (χ4v) is 2.43. The van der Waals surface area contributed by atoms with Gasteiger partial charge in [0, 0.05) is 6.54 Å². The summed E-state index contributed by atoms with van der Waals surface area (Å²) >= 11 is 0. The molecule has 0 aromatic heterocycles. The van der Waals surface area contributed by atoms with Gasteiger partial charge in [-0.3, -0.25) is 9.89 Å². The van der Waals surface area contributed by atoms with E-state index in [9.17, 15) is 0 Å². The lowest BCUT2D eigenvalue weighted by atomic mass is 9.87. The van der Waals surface area contributed by atoms with Crippen molar-refractivity contribution in [2.24, 2.45) is 10.9 Å². The number of nitrogens with one attached hydrogen (secondary N) is 1. The topological polar surface area (TPSA) is 27.6 Å². The lowest BCUT2D eigenvalue weighted by Gasteiger charge is -2.27. The molecule has 0 bridgehead atoms. The third kappa shape index (κ3) is 2.98. The summed E-state index contributed by atoms with van der Waals surface area (Å²) in [6.45, 7) is 3.09. The zero-order valence-electron chi connectivity index (χ0n) is 8.91. The second-order valence-corrected chi connectivity index (χ2v) is 4.50. The predicted molar refractivity (Wildman–Crippen MR) is 59.3 cm³/mol. The molecule has 3 heteroatoms. The van der Waals surface area contributed by atoms with Crippen LogP contribution in [-0.4, -0.2) is 31.1 Å². The summed E-state index contributed by atoms with van der Waals surface area (Å²) in [7, 11) is 0. The maximum absolute atomic E-state index is 4.21. The van der Waals surface area contributed by atoms with E-state index in [1.54, 1.807) is 0 Å². The van der Waals surface area contributed by atoms with Crippen molar-refractivity contribution in [1.29, 1.82) is 0 Å². The lowest BCUT2D eigenvalue weighted by molar-refractivity contribution is 0.227. The SMILES string of the molecule is C1=NCN(CCC2CCCCC2)CN1. The van der Waals surface area contributed by atoms with Gasteiger partial charge in [-0.1, -0.05) is 32.1 Å². The van der Waals surface area contributed by atoms with Gasteiger partial charge in [-0.2, -0.15) is 0 Å². The van der Waals surface area contributed by atoms with Crippen LogP contribution in [0.5, 0.6) is 0 Å². The second kappa shape index (κ2) is 5.35. The smallest absolute Gasteiger partial charge is 0.0940 e. The number of rotatable bonds is 3. The quantitative estimate of drug-likeness (QED) is 0.743. The second-order valence-electron chi connectivity index (χ2n) is 4.50. The number of nitrogens with zero attached hydrogens (tertiary/aromatic N) is 2. The van der Waals surface area contributed by atoms with Gasteiger partial charge in [0.2, 0.25) is 0 Å². The van der Waals surface area contributed by atoms with Crippen LogP contribution in [0.15, 0.2) is 4.99 Å². The summed E-state index contributed by atoms with van der Waals surface area (Å²) in [5, 5.41) is 3.16. The lowest BCUT2D eigenvalue weighted by Crippen LogP contribution is -2.39. The van der Waals surface area contributed by atoms with Gasteiger partial charge in [0.25, 0.3) is 0 Å². The minimum absolute atomic E-state index is 0.889. The van der Waals surface area contributed by atoms with Crippen LogP contribution in [0, 0.1) is 5.92 Å². The normalized spacial score (nSPS) is 24.9. The molecule has 0 atom stereocenters. The number of hydrogen-bond donors (Lipinski definition) is 1. The molecule has 0 aromatic rings. The van der Waals surface area contributed by atoms with Gasteiger partial charge in [0.1, 0.15) is 0 Å². The van der Waals surface area contributed by atoms with Crippen LogP contribution in [-0.2, 0) is 0 Å². The Morgan fingerprint density at radius 2 is 2.14 bits per heavy atom. The van der Waals surface area contributed by atoms with E-state index in [2.05, 4.69) is 15.2 Å². The third-order valence-corrected chi connectivity index (χ3v) is 3.36. The highest BCUT2D eigenvalue weighted by atomic mass is 15.3. The molecule has 1 aliphatic carbocycles. The largest absolute Gasteiger partial charge is 0.364 e. The van der Waals surface area contributed by atoms with E-state index >= 15 is 0 Å². The van der Waals surface area contributed by atoms with Gasteiger partial charge in [-0.15, -0.1) is 0 Å². The summed E-state index contributed by atoms with van der Waals surface area (Å²) in [6, 6.07) is 0. The molecule has 0 amide bonds. The van der Waals surface area contributed by atoms with Crippen molar-refractivity contribution >= 4 is 6.34 Å². The van der Waals surface area contributed by atoms with Crippen LogP contribution in [0.4, 0.5) is 0 Å². The van der Waals surface area contributed by atoms with Crippen molar-refractivity contribution in [3.63, 3.8) is 0 Å². The Morgan fingerprint density at radius 3 is 2.86 bits per heavy atom. The molecule has 1 saturated carbocycles. The minimum Gasteiger partial charge on any atom is -0.364 e. The first-order valence-electron chi connectivity index (χ1n) is 5.89. The van der Waals surface area contributed by atoms with Crippen LogP contribution in [0.2, 0.25) is 0 Å². The molecule has 3 nitrogen and oxygen atoms in total. The van der Waals surface area contributed by atoms with E-state index in [1.165, 1.54) is 45.1 Å². The van der Waals surface area contributed by atoms with Crippen molar-refractivity contribution in [1.82, 2.24) is 10.2 Å². The van der Waals surface area contributed by atoms with Crippen molar-refractivity contribution in [2.45, 2.75) is 38.5 Å². The van der Waals surface area contributed by atoms with E-state index < -0.39 is 0 Å². The van der Waals surface area contributed by atoms with Crippen molar-refractivity contribution in [3.8, 4) is 0 Å². The third-order valence-electron chi connectivity index (χ3n) is 3.36. The maximum atomic E-state index is 4.21. The zero-order valence-corrected chi connectivity index (χ0v) is 8.91. The highest BCUT2D eigenvalue weighted by molar-refractivity contribution is 5.54. The summed E-state index contributed by atoms with van der Waals surface area (Å²) in [5.74, 6) is 0.995. The monoisotopic (exact) mass is 195 g/mol. The molecule has 0 unspecified atom stereocenters. The molecule has 2 rings (SSSR count). The molecule has 1 heterocycles. The standard InChI is InChI=1S/C11H21N3/c1-2-4-11(5-3-1)6-7-14-9-12-8-13-10-14/h8,11H,1-7,9-10H2,(H,12,13). The Bertz CT molecular complexity index is 185. The first-order valence-corrected chi connectivity index (χ1v) is 5.89. The van der Waals surface area contributed by atoms with Gasteiger partial charge in [-0.05, 0) is 12.3 Å². The molecule has 1 N–H and O–H groups in total. The molecule has 14 heavy (non-hydrogen) atoms. The van der Waals surface area contributed by atoms with Crippen molar-refractivity contribution < 1.29 is 0 Å². The van der Waals surface area contributed by atoms with E-state index in [0.29, 0.717) is 0 Å². The molecule has 0 aromatic carbocycles. The van der Waals surface area contributed by atoms with Gasteiger partial charge >= 0.3 is 0 Å². The number of aliphatic imine (C=N–C) groups is 1. The highest BCUT2D eigenvalue weighted by Crippen LogP contribution is 2.26. The molecular formula is C11H21N3. The Hall–Kier alpha value is -0.570. The number of hydrogen-bond acceptors (Lipinski definition) is 3. The molecule has 0 radical (unpaired) electrons. The Kier molecular flexibility index (Phi) is 3.80. The van der Waals surface area contributed by atoms with Crippen LogP contribution >= 0.6 is 0 Å². The fraction of sp³-hybridized carbons (Fsp3) is 0.909. The average molecular weight is 195 g/mol. The van der Waals surface area contributed by atoms with Crippen LogP contribution in [0.25, 0.3) is 0 Å². The molecule has 0 saturated heterocycles. The molecule has 2 aliphatic rings. The molecule has 1 fully saturated rings. The van der Waals surface area contributed by atoms with Crippen molar-refractivity contribution in [2.75, 3.05) is 19.9 Å². The average Bonchev–Trinajstić information content (AvgIpc) is 2.29. The first kappa shape index (κ1) is 9.97. The summed E-state index contributed by atoms with van der Waals surface area (Å²) < 4.78 is 0. The summed E-state index contributed by atoms with van der Waals surface area (Å²) in [5.41, 5.74) is 0. The van der Waals surface area contributed by atoms with E-state index in [4.69, 9.17) is 0 Å². The maximum Gasteiger partial charge on any atom is 0.0940 e. The van der Waals surface area contributed by atoms with E-state index in [-0.39, 0.29) is 0 Å². The zero-order chi connectivity index (χ0) is 9.64. The van der Waals surface area contributed by atoms with Gasteiger partial charge in [0.05, 0.1) is 19.7 Å². The summed E-state index contributed by atoms with van der Waals surface area (Å²) in [6.07, 6.45) is 10.5. The van der Waals surface area contributed by atoms with E-state index in [0.717, 1.165) is 19.3 Å². The predicted octanol–water partition coefficient (Wildman–Crippen LogP) is 1.81. The minimum atomic E-state index is 0.889. The van der Waals surface area contributed by atoms with Crippen LogP contribution in [0.3, 0.4) is 0 Å². The van der Waals surface area contributed by atoms with Crippen molar-refractivity contribution in [3.05, 3.63) is 0 Å². The van der Waals surface area contributed by atoms with Gasteiger partial charge in [-0.25, -0.2) is 0 Å². The Morgan fingerprint density at radius 1 is 1.29 bits per heavy atom. The summed E-state index contributed by atoms with van der Waals surface area (Å²) in [4.78, 5) is 6.60. The first-order chi connectivity index (χ1) is 6.95. The van der Waals surface area contributed by atoms with Gasteiger partial charge in [0.15, 0.2) is 0 Å². The highest BCUT2D eigenvalue weighted by Gasteiger charge is 2.15. The molecule has 0 spiro atoms. The molecule has 80 valence electrons. The molecule has 1 aliphatic heterocycles. The molecular weight excluding hydrogens is 174 g/mol. The Labute approximate surface area is 86.6 Å². The van der Waals surface area contributed by atoms with Crippen LogP contribution in [0.1, 0.15) is 38.5 Å². The van der Waals surface area contributed by atoms with Gasteiger partial charge < -0.3 is 5.32 Å². The van der Waals surface area contributed by atoms with E-state index in [1.807, 2.05) is 6.34 Å². The van der Waals surface area contributed by atoms with Crippen LogP contribution < -0.4 is 5.32 Å². The fourth-order valence-electron chi connectivity index (χ4n) is 2.43. The Balaban J connectivity index is 1.63.